The molecular formula is C10H10F3NO2. The Morgan fingerprint density at radius 2 is 1.88 bits per heavy atom. The molecule has 0 atom stereocenters. The lowest BCUT2D eigenvalue weighted by Crippen LogP contribution is -2.15. The molecule has 0 aromatic heterocycles. The van der Waals surface area contributed by atoms with E-state index in [1.165, 1.54) is 11.0 Å². The van der Waals surface area contributed by atoms with E-state index in [0.717, 1.165) is 12.1 Å². The number of alkyl halides is 3. The molecule has 0 fully saturated rings. The van der Waals surface area contributed by atoms with Crippen molar-refractivity contribution in [2.45, 2.75) is 6.18 Å². The average Bonchev–Trinajstić information content (AvgIpc) is 2.15. The molecule has 0 unspecified atom stereocenters. The van der Waals surface area contributed by atoms with Crippen molar-refractivity contribution in [2.75, 3.05) is 19.0 Å². The Hall–Kier alpha value is -1.72. The molecule has 3 nitrogen and oxygen atoms in total. The number of benzene rings is 1. The summed E-state index contributed by atoms with van der Waals surface area (Å²) in [4.78, 5) is 12.3. The van der Waals surface area contributed by atoms with Crippen LogP contribution < -0.4 is 4.90 Å². The molecule has 0 saturated heterocycles. The van der Waals surface area contributed by atoms with E-state index in [-0.39, 0.29) is 0 Å². The summed E-state index contributed by atoms with van der Waals surface area (Å²) in [5.41, 5.74) is -1.46. The zero-order valence-electron chi connectivity index (χ0n) is 8.67. The summed E-state index contributed by atoms with van der Waals surface area (Å²) in [6.07, 6.45) is -4.65. The van der Waals surface area contributed by atoms with Gasteiger partial charge in [-0.1, -0.05) is 0 Å². The van der Waals surface area contributed by atoms with Crippen LogP contribution in [0.2, 0.25) is 0 Å². The van der Waals surface area contributed by atoms with E-state index in [0.29, 0.717) is 5.69 Å². The fraction of sp³-hybridized carbons (Fsp3) is 0.300. The van der Waals surface area contributed by atoms with E-state index in [1.807, 2.05) is 0 Å². The number of nitrogens with zero attached hydrogens (tertiary/aromatic N) is 1. The summed E-state index contributed by atoms with van der Waals surface area (Å²) >= 11 is 0. The molecule has 0 spiro atoms. The number of rotatable bonds is 2. The normalized spacial score (nSPS) is 11.3. The molecule has 0 heterocycles. The van der Waals surface area contributed by atoms with Gasteiger partial charge in [0.2, 0.25) is 0 Å². The number of carboxylic acids is 1. The van der Waals surface area contributed by atoms with E-state index in [9.17, 15) is 18.0 Å². The van der Waals surface area contributed by atoms with Crippen LogP contribution in [0.15, 0.2) is 18.2 Å². The van der Waals surface area contributed by atoms with Crippen molar-refractivity contribution in [1.82, 2.24) is 0 Å². The van der Waals surface area contributed by atoms with Crippen molar-refractivity contribution in [3.63, 3.8) is 0 Å². The molecule has 6 heteroatoms. The molecule has 0 radical (unpaired) electrons. The van der Waals surface area contributed by atoms with Gasteiger partial charge in [-0.25, -0.2) is 4.79 Å². The van der Waals surface area contributed by atoms with E-state index >= 15 is 0 Å². The molecule has 1 N–H and O–H groups in total. The van der Waals surface area contributed by atoms with Gasteiger partial charge in [0.05, 0.1) is 11.1 Å². The summed E-state index contributed by atoms with van der Waals surface area (Å²) in [6, 6.07) is 3.01. The van der Waals surface area contributed by atoms with Crippen LogP contribution in [0.25, 0.3) is 0 Å². The fourth-order valence-electron chi connectivity index (χ4n) is 1.23. The SMILES string of the molecule is CN(C)c1ccc(C(F)(F)F)c(C(=O)O)c1. The van der Waals surface area contributed by atoms with Crippen LogP contribution in [-0.4, -0.2) is 25.2 Å². The van der Waals surface area contributed by atoms with Crippen LogP contribution in [-0.2, 0) is 6.18 Å². The van der Waals surface area contributed by atoms with Gasteiger partial charge >= 0.3 is 12.1 Å². The van der Waals surface area contributed by atoms with E-state index in [1.54, 1.807) is 14.1 Å². The minimum Gasteiger partial charge on any atom is -0.478 e. The predicted molar refractivity (Wildman–Crippen MR) is 52.7 cm³/mol. The van der Waals surface area contributed by atoms with Gasteiger partial charge in [-0.05, 0) is 18.2 Å². The highest BCUT2D eigenvalue weighted by Crippen LogP contribution is 2.33. The smallest absolute Gasteiger partial charge is 0.417 e. The van der Waals surface area contributed by atoms with Crippen LogP contribution in [0.3, 0.4) is 0 Å². The van der Waals surface area contributed by atoms with Gasteiger partial charge in [0.25, 0.3) is 0 Å². The number of hydrogen-bond acceptors (Lipinski definition) is 2. The molecule has 0 aliphatic heterocycles. The minimum atomic E-state index is -4.65. The molecule has 0 bridgehead atoms. The van der Waals surface area contributed by atoms with Gasteiger partial charge in [0.1, 0.15) is 0 Å². The molecule has 0 amide bonds. The highest BCUT2D eigenvalue weighted by atomic mass is 19.4. The van der Waals surface area contributed by atoms with Gasteiger partial charge in [0.15, 0.2) is 0 Å². The summed E-state index contributed by atoms with van der Waals surface area (Å²) in [6.45, 7) is 0. The van der Waals surface area contributed by atoms with Crippen LogP contribution in [0, 0.1) is 0 Å². The van der Waals surface area contributed by atoms with Gasteiger partial charge in [-0.15, -0.1) is 0 Å². The second kappa shape index (κ2) is 4.03. The minimum absolute atomic E-state index is 0.408. The summed E-state index contributed by atoms with van der Waals surface area (Å²) in [7, 11) is 3.24. The van der Waals surface area contributed by atoms with Crippen LogP contribution in [0.1, 0.15) is 15.9 Å². The quantitative estimate of drug-likeness (QED) is 0.853. The number of carbonyl (C=O) groups is 1. The van der Waals surface area contributed by atoms with E-state index in [2.05, 4.69) is 0 Å². The molecule has 88 valence electrons. The maximum Gasteiger partial charge on any atom is 0.417 e. The van der Waals surface area contributed by atoms with E-state index in [4.69, 9.17) is 5.11 Å². The second-order valence-electron chi connectivity index (χ2n) is 3.43. The zero-order valence-corrected chi connectivity index (χ0v) is 8.67. The lowest BCUT2D eigenvalue weighted by atomic mass is 10.1. The number of carboxylic acid groups (broad SMARTS) is 1. The zero-order chi connectivity index (χ0) is 12.5. The van der Waals surface area contributed by atoms with Gasteiger partial charge in [-0.3, -0.25) is 0 Å². The number of aromatic carboxylic acids is 1. The first-order chi connectivity index (χ1) is 7.23. The molecule has 1 aromatic carbocycles. The second-order valence-corrected chi connectivity index (χ2v) is 3.43. The molecule has 1 aromatic rings. The van der Waals surface area contributed by atoms with Crippen molar-refractivity contribution in [2.24, 2.45) is 0 Å². The van der Waals surface area contributed by atoms with Gasteiger partial charge < -0.3 is 10.0 Å². The van der Waals surface area contributed by atoms with Crippen LogP contribution in [0.4, 0.5) is 18.9 Å². The Balaban J connectivity index is 3.37. The first kappa shape index (κ1) is 12.4. The summed E-state index contributed by atoms with van der Waals surface area (Å²) in [5, 5.41) is 8.72. The molecule has 0 aliphatic carbocycles. The van der Waals surface area contributed by atoms with Crippen molar-refractivity contribution in [1.29, 1.82) is 0 Å². The van der Waals surface area contributed by atoms with Crippen LogP contribution in [0.5, 0.6) is 0 Å². The Bertz CT molecular complexity index is 413. The number of hydrogen-bond donors (Lipinski definition) is 1. The molecule has 0 saturated carbocycles. The Morgan fingerprint density at radius 3 is 2.25 bits per heavy atom. The number of halogens is 3. The monoisotopic (exact) mass is 233 g/mol. The van der Waals surface area contributed by atoms with Crippen molar-refractivity contribution < 1.29 is 23.1 Å². The third-order valence-corrected chi connectivity index (χ3v) is 2.06. The highest BCUT2D eigenvalue weighted by Gasteiger charge is 2.35. The fourth-order valence-corrected chi connectivity index (χ4v) is 1.23. The first-order valence-corrected chi connectivity index (χ1v) is 4.35. The van der Waals surface area contributed by atoms with E-state index < -0.39 is 23.3 Å². The standard InChI is InChI=1S/C10H10F3NO2/c1-14(2)6-3-4-8(10(11,12)13)7(5-6)9(15)16/h3-5H,1-2H3,(H,15,16). The molecular weight excluding hydrogens is 223 g/mol. The average molecular weight is 233 g/mol. The van der Waals surface area contributed by atoms with Crippen molar-refractivity contribution in [3.8, 4) is 0 Å². The lowest BCUT2D eigenvalue weighted by molar-refractivity contribution is -0.138. The maximum absolute atomic E-state index is 12.5. The summed E-state index contributed by atoms with van der Waals surface area (Å²) < 4.78 is 37.4. The Morgan fingerprint density at radius 1 is 1.31 bits per heavy atom. The Labute approximate surface area is 90.1 Å². The Kier molecular flexibility index (Phi) is 3.11. The summed E-state index contributed by atoms with van der Waals surface area (Å²) in [5.74, 6) is -1.59. The maximum atomic E-state index is 12.5. The highest BCUT2D eigenvalue weighted by molar-refractivity contribution is 5.91. The third kappa shape index (κ3) is 2.44. The molecule has 16 heavy (non-hydrogen) atoms. The first-order valence-electron chi connectivity index (χ1n) is 4.35. The van der Waals surface area contributed by atoms with Crippen LogP contribution >= 0.6 is 0 Å². The van der Waals surface area contributed by atoms with Crippen molar-refractivity contribution >= 4 is 11.7 Å². The largest absolute Gasteiger partial charge is 0.478 e. The molecule has 0 aliphatic rings. The van der Waals surface area contributed by atoms with Crippen molar-refractivity contribution in [3.05, 3.63) is 29.3 Å². The predicted octanol–water partition coefficient (Wildman–Crippen LogP) is 2.47. The van der Waals surface area contributed by atoms with Gasteiger partial charge in [0, 0.05) is 19.8 Å². The van der Waals surface area contributed by atoms with Gasteiger partial charge in [-0.2, -0.15) is 13.2 Å². The number of anilines is 1. The lowest BCUT2D eigenvalue weighted by Gasteiger charge is -2.16. The third-order valence-electron chi connectivity index (χ3n) is 2.06. The topological polar surface area (TPSA) is 40.5 Å². The molecule has 1 rings (SSSR count).